The van der Waals surface area contributed by atoms with Gasteiger partial charge in [0.1, 0.15) is 0 Å². The largest absolute Gasteiger partial charge is 0.265 e. The molecule has 0 aliphatic carbocycles. The van der Waals surface area contributed by atoms with E-state index in [4.69, 9.17) is 9.97 Å². The van der Waals surface area contributed by atoms with Crippen LogP contribution in [-0.4, -0.2) is 15.0 Å². The number of aromatic nitrogens is 3. The Morgan fingerprint density at radius 2 is 1.18 bits per heavy atom. The molecule has 0 unspecified atom stereocenters. The molecule has 0 fully saturated rings. The molecule has 0 amide bonds. The van der Waals surface area contributed by atoms with Crippen molar-refractivity contribution >= 4 is 43.2 Å². The van der Waals surface area contributed by atoms with Crippen LogP contribution in [0.1, 0.15) is 0 Å². The van der Waals surface area contributed by atoms with Crippen molar-refractivity contribution in [3.8, 4) is 22.5 Å². The summed E-state index contributed by atoms with van der Waals surface area (Å²) >= 11 is 0. The van der Waals surface area contributed by atoms with Crippen molar-refractivity contribution in [1.29, 1.82) is 0 Å². The zero-order valence-electron chi connectivity index (χ0n) is 18.3. The summed E-state index contributed by atoms with van der Waals surface area (Å²) < 4.78 is 0. The predicted octanol–water partition coefficient (Wildman–Crippen LogP) is 7.82. The summed E-state index contributed by atoms with van der Waals surface area (Å²) in [5, 5.41) is 8.43. The lowest BCUT2D eigenvalue weighted by Crippen LogP contribution is -1.92. The minimum absolute atomic E-state index is 0.941. The van der Waals surface area contributed by atoms with Crippen LogP contribution >= 0.6 is 0 Å². The van der Waals surface area contributed by atoms with E-state index in [1.807, 2.05) is 24.4 Å². The van der Waals surface area contributed by atoms with Gasteiger partial charge in [-0.1, -0.05) is 60.7 Å². The summed E-state index contributed by atoms with van der Waals surface area (Å²) in [6.07, 6.45) is 5.49. The number of pyridine rings is 3. The number of hydrogen-bond acceptors (Lipinski definition) is 3. The highest BCUT2D eigenvalue weighted by atomic mass is 14.7. The van der Waals surface area contributed by atoms with E-state index in [0.29, 0.717) is 0 Å². The van der Waals surface area contributed by atoms with Crippen LogP contribution in [0, 0.1) is 0 Å². The normalized spacial score (nSPS) is 11.5. The molecule has 0 spiro atoms. The van der Waals surface area contributed by atoms with Gasteiger partial charge in [-0.05, 0) is 63.3 Å². The minimum atomic E-state index is 0.941. The molecule has 3 heterocycles. The minimum Gasteiger partial charge on any atom is -0.265 e. The fraction of sp³-hybridized carbons (Fsp3) is 0. The van der Waals surface area contributed by atoms with E-state index in [1.54, 1.807) is 12.4 Å². The van der Waals surface area contributed by atoms with Crippen LogP contribution < -0.4 is 0 Å². The lowest BCUT2D eigenvalue weighted by molar-refractivity contribution is 1.29. The molecule has 3 aromatic heterocycles. The quantitative estimate of drug-likeness (QED) is 0.261. The van der Waals surface area contributed by atoms with Gasteiger partial charge in [-0.3, -0.25) is 9.97 Å². The number of hydrogen-bond donors (Lipinski definition) is 0. The maximum absolute atomic E-state index is 5.07. The fourth-order valence-corrected chi connectivity index (χ4v) is 5.10. The van der Waals surface area contributed by atoms with Crippen molar-refractivity contribution in [1.82, 2.24) is 15.0 Å². The molecular formula is C31H19N3. The van der Waals surface area contributed by atoms with Crippen molar-refractivity contribution in [2.75, 3.05) is 0 Å². The van der Waals surface area contributed by atoms with Crippen LogP contribution in [0.5, 0.6) is 0 Å². The van der Waals surface area contributed by atoms with Gasteiger partial charge in [0.25, 0.3) is 0 Å². The maximum atomic E-state index is 5.07. The van der Waals surface area contributed by atoms with E-state index in [0.717, 1.165) is 28.0 Å². The molecule has 0 radical (unpaired) electrons. The maximum Gasteiger partial charge on any atom is 0.0786 e. The first kappa shape index (κ1) is 18.9. The van der Waals surface area contributed by atoms with Crippen molar-refractivity contribution < 1.29 is 0 Å². The molecule has 4 aromatic carbocycles. The predicted molar refractivity (Wildman–Crippen MR) is 141 cm³/mol. The molecule has 3 heteroatoms. The Hall–Kier alpha value is -4.63. The molecule has 0 atom stereocenters. The third-order valence-electron chi connectivity index (χ3n) is 6.60. The van der Waals surface area contributed by atoms with Crippen LogP contribution in [-0.2, 0) is 0 Å². The fourth-order valence-electron chi connectivity index (χ4n) is 5.10. The first-order valence-electron chi connectivity index (χ1n) is 11.4. The Labute approximate surface area is 196 Å². The van der Waals surface area contributed by atoms with E-state index >= 15 is 0 Å². The number of benzene rings is 4. The molecule has 0 bridgehead atoms. The molecule has 0 N–H and O–H groups in total. The van der Waals surface area contributed by atoms with Gasteiger partial charge < -0.3 is 0 Å². The topological polar surface area (TPSA) is 38.7 Å². The van der Waals surface area contributed by atoms with E-state index in [-0.39, 0.29) is 0 Å². The second-order valence-electron chi connectivity index (χ2n) is 8.48. The number of rotatable bonds is 2. The average Bonchev–Trinajstić information content (AvgIpc) is 2.93. The molecule has 7 aromatic rings. The number of nitrogens with zero attached hydrogens (tertiary/aromatic N) is 3. The Morgan fingerprint density at radius 3 is 2.03 bits per heavy atom. The third kappa shape index (κ3) is 2.81. The van der Waals surface area contributed by atoms with Gasteiger partial charge in [-0.2, -0.15) is 0 Å². The summed E-state index contributed by atoms with van der Waals surface area (Å²) in [4.78, 5) is 14.0. The van der Waals surface area contributed by atoms with Gasteiger partial charge in [-0.15, -0.1) is 0 Å². The van der Waals surface area contributed by atoms with E-state index in [1.165, 1.54) is 37.7 Å². The molecule has 7 rings (SSSR count). The van der Waals surface area contributed by atoms with E-state index in [2.05, 4.69) is 83.8 Å². The Kier molecular flexibility index (Phi) is 4.15. The Morgan fingerprint density at radius 1 is 0.471 bits per heavy atom. The molecule has 34 heavy (non-hydrogen) atoms. The van der Waals surface area contributed by atoms with Crippen LogP contribution in [0.15, 0.2) is 116 Å². The van der Waals surface area contributed by atoms with E-state index in [9.17, 15) is 0 Å². The summed E-state index contributed by atoms with van der Waals surface area (Å²) in [5.41, 5.74) is 5.14. The van der Waals surface area contributed by atoms with Crippen molar-refractivity contribution in [3.05, 3.63) is 116 Å². The van der Waals surface area contributed by atoms with Crippen molar-refractivity contribution in [2.45, 2.75) is 0 Å². The van der Waals surface area contributed by atoms with Gasteiger partial charge in [0, 0.05) is 40.5 Å². The SMILES string of the molecule is c1cc(-c2ccncc2)nc(-c2cc3c4ccccc4c4ncccc4c3c3ccccc23)c1. The van der Waals surface area contributed by atoms with Crippen LogP contribution in [0.2, 0.25) is 0 Å². The lowest BCUT2D eigenvalue weighted by Gasteiger charge is -2.15. The van der Waals surface area contributed by atoms with Gasteiger partial charge in [0.2, 0.25) is 0 Å². The lowest BCUT2D eigenvalue weighted by atomic mass is 9.89. The zero-order chi connectivity index (χ0) is 22.5. The highest BCUT2D eigenvalue weighted by Crippen LogP contribution is 2.41. The Bertz CT molecular complexity index is 1860. The highest BCUT2D eigenvalue weighted by Gasteiger charge is 2.16. The second-order valence-corrected chi connectivity index (χ2v) is 8.48. The molecule has 0 aliphatic heterocycles. The van der Waals surface area contributed by atoms with Gasteiger partial charge in [0.05, 0.1) is 16.9 Å². The van der Waals surface area contributed by atoms with Gasteiger partial charge in [0.15, 0.2) is 0 Å². The molecule has 0 saturated carbocycles. The first-order chi connectivity index (χ1) is 16.9. The smallest absolute Gasteiger partial charge is 0.0786 e. The molecule has 0 saturated heterocycles. The zero-order valence-corrected chi connectivity index (χ0v) is 18.3. The molecular weight excluding hydrogens is 414 g/mol. The average molecular weight is 434 g/mol. The Balaban J connectivity index is 1.64. The number of fused-ring (bicyclic) bond motifs is 8. The van der Waals surface area contributed by atoms with Crippen LogP contribution in [0.3, 0.4) is 0 Å². The molecule has 0 aliphatic rings. The third-order valence-corrected chi connectivity index (χ3v) is 6.60. The van der Waals surface area contributed by atoms with Crippen molar-refractivity contribution in [2.24, 2.45) is 0 Å². The highest BCUT2D eigenvalue weighted by molar-refractivity contribution is 6.32. The monoisotopic (exact) mass is 433 g/mol. The first-order valence-corrected chi connectivity index (χ1v) is 11.4. The van der Waals surface area contributed by atoms with E-state index < -0.39 is 0 Å². The standard InChI is InChI=1S/C31H19N3/c1-3-9-23-21(7-1)26(29-13-5-12-28(34-29)20-14-17-32-18-15-20)19-27-22-8-2-4-10-24(22)31-25(30(23)27)11-6-16-33-31/h1-19H. The summed E-state index contributed by atoms with van der Waals surface area (Å²) in [5.74, 6) is 0. The molecule has 3 nitrogen and oxygen atoms in total. The summed E-state index contributed by atoms with van der Waals surface area (Å²) in [6.45, 7) is 0. The van der Waals surface area contributed by atoms with Crippen molar-refractivity contribution in [3.63, 3.8) is 0 Å². The van der Waals surface area contributed by atoms with Crippen LogP contribution in [0.4, 0.5) is 0 Å². The summed E-state index contributed by atoms with van der Waals surface area (Å²) in [6, 6.07) is 33.9. The summed E-state index contributed by atoms with van der Waals surface area (Å²) in [7, 11) is 0. The van der Waals surface area contributed by atoms with Gasteiger partial charge in [-0.25, -0.2) is 4.98 Å². The second kappa shape index (κ2) is 7.46. The van der Waals surface area contributed by atoms with Gasteiger partial charge >= 0.3 is 0 Å². The van der Waals surface area contributed by atoms with Crippen LogP contribution in [0.25, 0.3) is 65.7 Å². The molecule has 158 valence electrons.